The molecule has 19 atom stereocenters. The Kier molecular flexibility index (Phi) is 13.5. The van der Waals surface area contributed by atoms with Crippen molar-refractivity contribution in [2.45, 2.75) is 207 Å². The van der Waals surface area contributed by atoms with E-state index >= 15 is 0 Å². The van der Waals surface area contributed by atoms with Crippen LogP contribution in [0.1, 0.15) is 114 Å². The number of fused-ring (bicyclic) bond motifs is 9. The summed E-state index contributed by atoms with van der Waals surface area (Å²) in [7, 11) is 1.63. The molecule has 388 valence electrons. The number of ketones is 1. The smallest absolute Gasteiger partial charge is 0.407 e. The predicted octanol–water partition coefficient (Wildman–Crippen LogP) is 7.59. The molecule has 2 aromatic carbocycles. The maximum Gasteiger partial charge on any atom is 0.407 e. The normalized spacial score (nSPS) is 41.5. The number of Topliss-reactive ketones (excluding diaryl/α,β-unsaturated/α-hetero) is 1. The fourth-order valence-corrected chi connectivity index (χ4v) is 14.4. The number of hydrogen-bond donors (Lipinski definition) is 1. The third-order valence-corrected chi connectivity index (χ3v) is 17.8. The van der Waals surface area contributed by atoms with Crippen LogP contribution in [-0.2, 0) is 61.7 Å². The van der Waals surface area contributed by atoms with Gasteiger partial charge >= 0.3 is 12.1 Å². The van der Waals surface area contributed by atoms with E-state index in [1.165, 1.54) is 6.92 Å². The van der Waals surface area contributed by atoms with Crippen molar-refractivity contribution in [1.82, 2.24) is 5.32 Å². The van der Waals surface area contributed by atoms with Crippen molar-refractivity contribution in [1.29, 1.82) is 0 Å². The average molecular weight is 996 g/mol. The summed E-state index contributed by atoms with van der Waals surface area (Å²) in [4.78, 5) is 40.6. The van der Waals surface area contributed by atoms with E-state index in [0.29, 0.717) is 25.7 Å². The van der Waals surface area contributed by atoms with Gasteiger partial charge in [-0.2, -0.15) is 0 Å². The molecule has 10 saturated heterocycles. The van der Waals surface area contributed by atoms with Crippen molar-refractivity contribution in [3.8, 4) is 11.1 Å². The fourth-order valence-electron chi connectivity index (χ4n) is 14.4. The quantitative estimate of drug-likeness (QED) is 0.203. The number of amides is 1. The Labute approximate surface area is 422 Å². The zero-order chi connectivity index (χ0) is 49.4. The molecule has 10 heterocycles. The molecule has 10 aliphatic heterocycles. The molecule has 0 saturated carbocycles. The number of carbonyl (C=O) groups is 3. The van der Waals surface area contributed by atoms with Crippen LogP contribution in [0.3, 0.4) is 0 Å². The van der Waals surface area contributed by atoms with E-state index in [0.717, 1.165) is 71.9 Å². The second-order valence-electron chi connectivity index (χ2n) is 22.5. The highest BCUT2D eigenvalue weighted by Gasteiger charge is 2.69. The lowest BCUT2D eigenvalue weighted by molar-refractivity contribution is -0.292. The highest BCUT2D eigenvalue weighted by molar-refractivity contribution is 5.80. The maximum absolute atomic E-state index is 14.6. The third kappa shape index (κ3) is 9.31. The molecule has 15 nitrogen and oxygen atoms in total. The number of benzene rings is 2. The molecule has 1 spiro atoms. The Morgan fingerprint density at radius 2 is 1.49 bits per heavy atom. The van der Waals surface area contributed by atoms with E-state index in [1.807, 2.05) is 24.3 Å². The molecule has 1 N–H and O–H groups in total. The van der Waals surface area contributed by atoms with Gasteiger partial charge in [-0.1, -0.05) is 68.6 Å². The molecule has 1 aliphatic carbocycles. The van der Waals surface area contributed by atoms with Crippen molar-refractivity contribution in [2.24, 2.45) is 11.8 Å². The molecular weight excluding hydrogens is 925 g/mol. The molecule has 13 rings (SSSR count). The van der Waals surface area contributed by atoms with Crippen molar-refractivity contribution < 1.29 is 66.5 Å². The van der Waals surface area contributed by atoms with Crippen molar-refractivity contribution in [3.05, 3.63) is 84.0 Å². The molecule has 3 unspecified atom stereocenters. The van der Waals surface area contributed by atoms with E-state index in [1.54, 1.807) is 7.11 Å². The monoisotopic (exact) mass is 995 g/mol. The lowest BCUT2D eigenvalue weighted by Gasteiger charge is -2.47. The van der Waals surface area contributed by atoms with Crippen LogP contribution in [0.2, 0.25) is 0 Å². The van der Waals surface area contributed by atoms with Crippen molar-refractivity contribution in [3.63, 3.8) is 0 Å². The Balaban J connectivity index is 0.767. The van der Waals surface area contributed by atoms with Gasteiger partial charge in [0.15, 0.2) is 5.79 Å². The van der Waals surface area contributed by atoms with Gasteiger partial charge in [0.2, 0.25) is 0 Å². The molecule has 12 bridgehead atoms. The Bertz CT molecular complexity index is 2370. The summed E-state index contributed by atoms with van der Waals surface area (Å²) in [6.07, 6.45) is 2.13. The molecule has 1 amide bonds. The average Bonchev–Trinajstić information content (AvgIpc) is 4.12. The number of methoxy groups -OCH3 is 1. The van der Waals surface area contributed by atoms with E-state index in [4.69, 9.17) is 52.1 Å². The number of rotatable bonds is 8. The largest absolute Gasteiger partial charge is 0.461 e. The second-order valence-corrected chi connectivity index (χ2v) is 22.5. The summed E-state index contributed by atoms with van der Waals surface area (Å²) in [6, 6.07) is 16.4. The molecule has 15 heteroatoms. The van der Waals surface area contributed by atoms with Crippen molar-refractivity contribution >= 4 is 17.8 Å². The molecule has 10 fully saturated rings. The van der Waals surface area contributed by atoms with Crippen LogP contribution >= 0.6 is 0 Å². The van der Waals surface area contributed by atoms with Gasteiger partial charge in [0, 0.05) is 64.4 Å². The van der Waals surface area contributed by atoms with E-state index < -0.39 is 48.4 Å². The summed E-state index contributed by atoms with van der Waals surface area (Å²) in [5, 5.41) is 2.86. The summed E-state index contributed by atoms with van der Waals surface area (Å²) >= 11 is 0. The SMILES string of the molecule is C=C1[C@H](C)C[C@@H]2CC[C@@H]3O[C@@H](CC[C@@]45C[C@@H]6OC7C(O4)[C@H]4O[C@H](CC[C@@H]4OC7[C@@H]6O5)CC(=O)C[C@@H]4[C@@H](OC)[C@@H](C[C@@H](CNC(=O)OCC5c6ccccc6-c6ccccc65)OC(C)=O)O[C@H]4C[C@H]1O2)CC3=[14CH2]. The zero-order valence-corrected chi connectivity index (χ0v) is 41.8. The first-order valence-corrected chi connectivity index (χ1v) is 26.8. The van der Waals surface area contributed by atoms with Gasteiger partial charge in [0.05, 0.1) is 67.6 Å². The molecule has 2 aromatic rings. The predicted molar refractivity (Wildman–Crippen MR) is 260 cm³/mol. The Hall–Kier alpha value is -4.03. The van der Waals surface area contributed by atoms with Crippen LogP contribution in [0.25, 0.3) is 11.1 Å². The van der Waals surface area contributed by atoms with E-state index in [-0.39, 0.29) is 123 Å². The van der Waals surface area contributed by atoms with Crippen LogP contribution in [-0.4, -0.2) is 142 Å². The number of ether oxygens (including phenoxy) is 11. The van der Waals surface area contributed by atoms with Gasteiger partial charge in [-0.3, -0.25) is 9.59 Å². The summed E-state index contributed by atoms with van der Waals surface area (Å²) in [6.45, 7) is 12.7. The van der Waals surface area contributed by atoms with Crippen LogP contribution < -0.4 is 5.32 Å². The molecular formula is C57H71NO14. The summed E-state index contributed by atoms with van der Waals surface area (Å²) < 4.78 is 72.8. The molecule has 11 aliphatic rings. The van der Waals surface area contributed by atoms with Crippen molar-refractivity contribution in [2.75, 3.05) is 20.3 Å². The fraction of sp³-hybridized carbons (Fsp3) is 0.667. The van der Waals surface area contributed by atoms with Gasteiger partial charge in [0.1, 0.15) is 49.0 Å². The summed E-state index contributed by atoms with van der Waals surface area (Å²) in [5.41, 5.74) is 6.60. The van der Waals surface area contributed by atoms with Crippen LogP contribution in [0.4, 0.5) is 4.79 Å². The van der Waals surface area contributed by atoms with Gasteiger partial charge < -0.3 is 57.4 Å². The number of nitrogens with one attached hydrogen (secondary N) is 1. The second kappa shape index (κ2) is 19.9. The first-order valence-electron chi connectivity index (χ1n) is 26.8. The Morgan fingerprint density at radius 1 is 0.778 bits per heavy atom. The first-order chi connectivity index (χ1) is 34.9. The Morgan fingerprint density at radius 3 is 2.26 bits per heavy atom. The molecule has 72 heavy (non-hydrogen) atoms. The van der Waals surface area contributed by atoms with E-state index in [9.17, 15) is 14.4 Å². The van der Waals surface area contributed by atoms with Gasteiger partial charge in [-0.15, -0.1) is 0 Å². The standard InChI is InChI=1S/C57H71NO14/c1-29-20-34-14-16-44-30(2)21-36(65-44)18-19-57-26-49-52(71-57)53-54(70-49)55(72-57)51-45(69-53)17-15-35(67-51)22-33(60)23-42-47(25-46(66-34)31(29)3)68-48(50(42)62-5)24-37(64-32(4)59)27-58-56(61)63-28-43-40-12-8-6-10-38(40)39-11-7-9-13-41(39)43/h6-13,29,34-37,42-55H,2-3,14-28H2,1,4-5H3,(H,58,61)/t29-,34+,35-,36+,37+,42+,44+,45+,46-,47+,48-,49+,50-,51+,52-,53?,54?,55?,57+/m1/s1/i2+2. The van der Waals surface area contributed by atoms with Gasteiger partial charge in [-0.25, -0.2) is 4.79 Å². The topological polar surface area (TPSA) is 165 Å². The number of hydrogen-bond acceptors (Lipinski definition) is 14. The molecule has 0 aromatic heterocycles. The minimum Gasteiger partial charge on any atom is -0.461 e. The highest BCUT2D eigenvalue weighted by Crippen LogP contribution is 2.55. The maximum atomic E-state index is 14.6. The minimum atomic E-state index is -0.829. The number of alkyl carbamates (subject to hydrolysis) is 1. The summed E-state index contributed by atoms with van der Waals surface area (Å²) in [5.74, 6) is -1.57. The minimum absolute atomic E-state index is 0.00542. The number of esters is 1. The van der Waals surface area contributed by atoms with Gasteiger partial charge in [0.25, 0.3) is 0 Å². The highest BCUT2D eigenvalue weighted by atomic mass is 16.8. The number of carbonyl (C=O) groups excluding carboxylic acids is 3. The van der Waals surface area contributed by atoms with E-state index in [2.05, 4.69) is 49.7 Å². The third-order valence-electron chi connectivity index (χ3n) is 17.8. The first kappa shape index (κ1) is 48.9. The van der Waals surface area contributed by atoms with Gasteiger partial charge in [-0.05, 0) is 84.3 Å². The molecule has 0 radical (unpaired) electrons. The zero-order valence-electron chi connectivity index (χ0n) is 41.8. The van der Waals surface area contributed by atoms with Crippen LogP contribution in [0, 0.1) is 11.8 Å². The van der Waals surface area contributed by atoms with Crippen LogP contribution in [0.5, 0.6) is 0 Å². The lowest BCUT2D eigenvalue weighted by Crippen LogP contribution is -2.61. The lowest BCUT2D eigenvalue weighted by atomic mass is 9.81. The van der Waals surface area contributed by atoms with Crippen LogP contribution in [0.15, 0.2) is 72.8 Å².